The van der Waals surface area contributed by atoms with E-state index in [1.54, 1.807) is 11.0 Å². The number of thiazole rings is 1. The van der Waals surface area contributed by atoms with Gasteiger partial charge in [-0.05, 0) is 30.3 Å². The summed E-state index contributed by atoms with van der Waals surface area (Å²) in [6.07, 6.45) is 0. The lowest BCUT2D eigenvalue weighted by Gasteiger charge is -2.32. The molecule has 0 aliphatic carbocycles. The maximum absolute atomic E-state index is 13.6. The summed E-state index contributed by atoms with van der Waals surface area (Å²) in [6, 6.07) is 21.3. The fourth-order valence-corrected chi connectivity index (χ4v) is 6.46. The van der Waals surface area contributed by atoms with E-state index in [0.717, 1.165) is 33.1 Å². The number of nitrogens with one attached hydrogen (secondary N) is 1. The number of fused-ring (bicyclic) bond motifs is 2. The Labute approximate surface area is 197 Å². The van der Waals surface area contributed by atoms with Crippen molar-refractivity contribution in [3.8, 4) is 21.8 Å². The Morgan fingerprint density at radius 3 is 2.61 bits per heavy atom. The number of carbonyl (C=O) groups excluding carboxylic acids is 2. The van der Waals surface area contributed by atoms with Crippen molar-refractivity contribution in [2.45, 2.75) is 4.87 Å². The number of para-hydroxylation sites is 1. The first-order valence-electron chi connectivity index (χ1n) is 10.3. The molecule has 1 unspecified atom stereocenters. The molecule has 3 heterocycles. The van der Waals surface area contributed by atoms with Crippen LogP contribution >= 0.6 is 23.1 Å². The average molecular weight is 474 g/mol. The Kier molecular flexibility index (Phi) is 4.60. The molecule has 0 radical (unpaired) electrons. The van der Waals surface area contributed by atoms with E-state index in [-0.39, 0.29) is 23.4 Å². The number of aromatic nitrogens is 1. The van der Waals surface area contributed by atoms with Crippen molar-refractivity contribution >= 4 is 46.3 Å². The molecule has 33 heavy (non-hydrogen) atoms. The van der Waals surface area contributed by atoms with E-state index >= 15 is 0 Å². The van der Waals surface area contributed by atoms with E-state index in [1.807, 2.05) is 60.0 Å². The normalized spacial score (nSPS) is 19.2. The lowest BCUT2D eigenvalue weighted by Crippen LogP contribution is -2.47. The van der Waals surface area contributed by atoms with E-state index in [2.05, 4.69) is 10.3 Å². The lowest BCUT2D eigenvalue weighted by molar-refractivity contribution is -0.122. The van der Waals surface area contributed by atoms with E-state index in [9.17, 15) is 14.0 Å². The van der Waals surface area contributed by atoms with Crippen LogP contribution in [0.4, 0.5) is 15.8 Å². The van der Waals surface area contributed by atoms with Gasteiger partial charge in [-0.3, -0.25) is 14.5 Å². The second-order valence-electron chi connectivity index (χ2n) is 7.76. The monoisotopic (exact) mass is 473 g/mol. The zero-order valence-electron chi connectivity index (χ0n) is 17.1. The van der Waals surface area contributed by atoms with Gasteiger partial charge in [-0.15, -0.1) is 23.1 Å². The zero-order valence-corrected chi connectivity index (χ0v) is 18.8. The van der Waals surface area contributed by atoms with Crippen LogP contribution < -0.4 is 10.2 Å². The SMILES string of the molecule is O=C1CSC2(C(=O)Nc3ccccc32)N1c1ccc(-c2csc(-c3cccc(F)c3)n2)cc1. The van der Waals surface area contributed by atoms with E-state index in [4.69, 9.17) is 0 Å². The number of thioether (sulfide) groups is 1. The van der Waals surface area contributed by atoms with Gasteiger partial charge in [-0.2, -0.15) is 0 Å². The molecule has 1 spiro atoms. The molecule has 2 amide bonds. The smallest absolute Gasteiger partial charge is 0.266 e. The van der Waals surface area contributed by atoms with E-state index in [1.165, 1.54) is 35.2 Å². The molecule has 8 heteroatoms. The molecule has 5 nitrogen and oxygen atoms in total. The number of anilines is 2. The average Bonchev–Trinajstić information content (AvgIpc) is 3.52. The predicted molar refractivity (Wildman–Crippen MR) is 130 cm³/mol. The quantitative estimate of drug-likeness (QED) is 0.427. The van der Waals surface area contributed by atoms with Crippen LogP contribution in [-0.2, 0) is 14.5 Å². The summed E-state index contributed by atoms with van der Waals surface area (Å²) in [5.41, 5.74) is 4.57. The van der Waals surface area contributed by atoms with Gasteiger partial charge < -0.3 is 5.32 Å². The van der Waals surface area contributed by atoms with Crippen molar-refractivity contribution in [1.29, 1.82) is 0 Å². The molecule has 1 fully saturated rings. The molecule has 1 N–H and O–H groups in total. The molecule has 2 aliphatic rings. The van der Waals surface area contributed by atoms with Crippen LogP contribution in [0.15, 0.2) is 78.2 Å². The number of rotatable bonds is 3. The maximum Gasteiger partial charge on any atom is 0.266 e. The highest BCUT2D eigenvalue weighted by Gasteiger charge is 2.58. The topological polar surface area (TPSA) is 62.3 Å². The van der Waals surface area contributed by atoms with Crippen LogP contribution in [0.3, 0.4) is 0 Å². The molecule has 162 valence electrons. The number of hydrogen-bond donors (Lipinski definition) is 1. The third-order valence-corrected chi connectivity index (χ3v) is 8.10. The summed E-state index contributed by atoms with van der Waals surface area (Å²) < 4.78 is 13.6. The maximum atomic E-state index is 13.6. The Bertz CT molecular complexity index is 1420. The Morgan fingerprint density at radius 2 is 1.79 bits per heavy atom. The van der Waals surface area contributed by atoms with Crippen molar-refractivity contribution in [2.75, 3.05) is 16.0 Å². The third-order valence-electron chi connectivity index (χ3n) is 5.81. The van der Waals surface area contributed by atoms with Crippen molar-refractivity contribution in [3.63, 3.8) is 0 Å². The highest BCUT2D eigenvalue weighted by molar-refractivity contribution is 8.02. The standard InChI is InChI=1S/C25H16FN3O2S2/c26-17-5-3-4-16(12-17)23-27-21(13-32-23)15-8-10-18(11-9-15)29-22(30)14-33-25(29)19-6-1-2-7-20(19)28-24(25)31/h1-13H,14H2,(H,28,31). The fourth-order valence-electron chi connectivity index (χ4n) is 4.32. The number of carbonyl (C=O) groups is 2. The number of benzene rings is 3. The van der Waals surface area contributed by atoms with Crippen LogP contribution in [0.2, 0.25) is 0 Å². The molecule has 1 saturated heterocycles. The van der Waals surface area contributed by atoms with Gasteiger partial charge in [-0.25, -0.2) is 9.37 Å². The molecule has 2 aliphatic heterocycles. The summed E-state index contributed by atoms with van der Waals surface area (Å²) in [6.45, 7) is 0. The summed E-state index contributed by atoms with van der Waals surface area (Å²) in [5.74, 6) is -0.384. The molecule has 6 rings (SSSR count). The van der Waals surface area contributed by atoms with Gasteiger partial charge in [0.05, 0.1) is 11.4 Å². The second-order valence-corrected chi connectivity index (χ2v) is 9.78. The first-order chi connectivity index (χ1) is 16.1. The molecule has 1 atom stereocenters. The van der Waals surface area contributed by atoms with Gasteiger partial charge in [0.25, 0.3) is 5.91 Å². The van der Waals surface area contributed by atoms with Crippen molar-refractivity contribution < 1.29 is 14.0 Å². The van der Waals surface area contributed by atoms with Crippen molar-refractivity contribution in [3.05, 3.63) is 89.6 Å². The summed E-state index contributed by atoms with van der Waals surface area (Å²) in [4.78, 5) is 31.1. The Morgan fingerprint density at radius 1 is 0.970 bits per heavy atom. The first-order valence-corrected chi connectivity index (χ1v) is 12.1. The van der Waals surface area contributed by atoms with Crippen LogP contribution in [0.1, 0.15) is 5.56 Å². The molecular formula is C25H16FN3O2S2. The van der Waals surface area contributed by atoms with Gasteiger partial charge in [0.15, 0.2) is 0 Å². The number of halogens is 1. The molecule has 0 bridgehead atoms. The van der Waals surface area contributed by atoms with E-state index in [0.29, 0.717) is 5.69 Å². The predicted octanol–water partition coefficient (Wildman–Crippen LogP) is 5.50. The number of hydrogen-bond acceptors (Lipinski definition) is 5. The minimum absolute atomic E-state index is 0.110. The minimum Gasteiger partial charge on any atom is -0.323 e. The van der Waals surface area contributed by atoms with Gasteiger partial charge in [0, 0.05) is 33.4 Å². The molecule has 3 aromatic carbocycles. The zero-order chi connectivity index (χ0) is 22.6. The highest BCUT2D eigenvalue weighted by Crippen LogP contribution is 2.53. The largest absolute Gasteiger partial charge is 0.323 e. The van der Waals surface area contributed by atoms with Crippen LogP contribution in [-0.4, -0.2) is 22.6 Å². The van der Waals surface area contributed by atoms with Crippen LogP contribution in [0.25, 0.3) is 21.8 Å². The lowest BCUT2D eigenvalue weighted by atomic mass is 10.0. The first kappa shape index (κ1) is 20.1. The molecule has 4 aromatic rings. The highest BCUT2D eigenvalue weighted by atomic mass is 32.2. The Hall–Kier alpha value is -3.49. The van der Waals surface area contributed by atoms with E-state index < -0.39 is 4.87 Å². The third kappa shape index (κ3) is 3.09. The number of amides is 2. The summed E-state index contributed by atoms with van der Waals surface area (Å²) in [7, 11) is 0. The molecule has 1 aromatic heterocycles. The van der Waals surface area contributed by atoms with Gasteiger partial charge in [-0.1, -0.05) is 42.5 Å². The molecular weight excluding hydrogens is 457 g/mol. The summed E-state index contributed by atoms with van der Waals surface area (Å²) >= 11 is 2.79. The second kappa shape index (κ2) is 7.54. The summed E-state index contributed by atoms with van der Waals surface area (Å²) in [5, 5.41) is 5.58. The van der Waals surface area contributed by atoms with Crippen molar-refractivity contribution in [1.82, 2.24) is 4.98 Å². The van der Waals surface area contributed by atoms with Crippen molar-refractivity contribution in [2.24, 2.45) is 0 Å². The Balaban J connectivity index is 1.35. The fraction of sp³-hybridized carbons (Fsp3) is 0.0800. The molecule has 0 saturated carbocycles. The van der Waals surface area contributed by atoms with Gasteiger partial charge in [0.1, 0.15) is 10.8 Å². The van der Waals surface area contributed by atoms with Crippen LogP contribution in [0, 0.1) is 5.82 Å². The minimum atomic E-state index is -1.10. The number of nitrogens with zero attached hydrogens (tertiary/aromatic N) is 2. The van der Waals surface area contributed by atoms with Gasteiger partial charge in [0.2, 0.25) is 10.8 Å². The van der Waals surface area contributed by atoms with Gasteiger partial charge >= 0.3 is 0 Å². The van der Waals surface area contributed by atoms with Crippen LogP contribution in [0.5, 0.6) is 0 Å².